The molecule has 0 saturated heterocycles. The summed E-state index contributed by atoms with van der Waals surface area (Å²) < 4.78 is 10.7. The molecule has 0 saturated carbocycles. The fourth-order valence-corrected chi connectivity index (χ4v) is 1.71. The lowest BCUT2D eigenvalue weighted by Gasteiger charge is -2.16. The Morgan fingerprint density at radius 2 is 2.11 bits per heavy atom. The summed E-state index contributed by atoms with van der Waals surface area (Å²) >= 11 is 0. The third kappa shape index (κ3) is 4.20. The molecule has 1 rings (SSSR count). The second kappa shape index (κ2) is 7.95. The lowest BCUT2D eigenvalue weighted by Crippen LogP contribution is -2.19. The zero-order chi connectivity index (χ0) is 13.4. The molecule has 1 aromatic carbocycles. The molecule has 4 heteroatoms. The molecule has 0 spiro atoms. The molecule has 0 amide bonds. The maximum absolute atomic E-state index is 8.76. The van der Waals surface area contributed by atoms with Crippen LogP contribution in [-0.4, -0.2) is 32.0 Å². The Kier molecular flexibility index (Phi) is 6.54. The Morgan fingerprint density at radius 1 is 1.33 bits per heavy atom. The summed E-state index contributed by atoms with van der Waals surface area (Å²) in [7, 11) is 1.62. The number of ether oxygens (including phenoxy) is 2. The maximum Gasteiger partial charge on any atom is 0.161 e. The molecule has 0 aliphatic rings. The van der Waals surface area contributed by atoms with Crippen LogP contribution in [0.3, 0.4) is 0 Å². The van der Waals surface area contributed by atoms with Crippen molar-refractivity contribution in [2.24, 2.45) is 0 Å². The predicted octanol–water partition coefficient (Wildman–Crippen LogP) is 2.13. The zero-order valence-electron chi connectivity index (χ0n) is 11.4. The van der Waals surface area contributed by atoms with Gasteiger partial charge in [0.05, 0.1) is 13.7 Å². The topological polar surface area (TPSA) is 50.7 Å². The van der Waals surface area contributed by atoms with Gasteiger partial charge < -0.3 is 19.9 Å². The van der Waals surface area contributed by atoms with E-state index in [0.29, 0.717) is 11.5 Å². The van der Waals surface area contributed by atoms with Gasteiger partial charge in [0.2, 0.25) is 0 Å². The van der Waals surface area contributed by atoms with Gasteiger partial charge >= 0.3 is 0 Å². The van der Waals surface area contributed by atoms with E-state index in [1.807, 2.05) is 18.2 Å². The van der Waals surface area contributed by atoms with Gasteiger partial charge in [-0.1, -0.05) is 13.0 Å². The van der Waals surface area contributed by atoms with E-state index in [1.54, 1.807) is 7.11 Å². The number of rotatable bonds is 8. The molecule has 102 valence electrons. The molecule has 0 heterocycles. The lowest BCUT2D eigenvalue weighted by molar-refractivity contribution is 0.196. The van der Waals surface area contributed by atoms with E-state index >= 15 is 0 Å². The number of aliphatic hydroxyl groups excluding tert-OH is 1. The highest BCUT2D eigenvalue weighted by Crippen LogP contribution is 2.30. The van der Waals surface area contributed by atoms with Crippen LogP contribution in [0.25, 0.3) is 0 Å². The van der Waals surface area contributed by atoms with Crippen molar-refractivity contribution in [1.82, 2.24) is 5.32 Å². The molecule has 0 bridgehead atoms. The van der Waals surface area contributed by atoms with Crippen molar-refractivity contribution < 1.29 is 14.6 Å². The average molecular weight is 253 g/mol. The van der Waals surface area contributed by atoms with Gasteiger partial charge in [-0.05, 0) is 37.6 Å². The van der Waals surface area contributed by atoms with Crippen LogP contribution in [0.4, 0.5) is 0 Å². The minimum Gasteiger partial charge on any atom is -0.493 e. The van der Waals surface area contributed by atoms with Crippen LogP contribution in [0.1, 0.15) is 31.9 Å². The van der Waals surface area contributed by atoms with Crippen molar-refractivity contribution in [2.45, 2.75) is 26.3 Å². The number of aliphatic hydroxyl groups is 1. The first-order valence-electron chi connectivity index (χ1n) is 6.37. The summed E-state index contributed by atoms with van der Waals surface area (Å²) in [5.41, 5.74) is 1.16. The van der Waals surface area contributed by atoms with Crippen molar-refractivity contribution in [3.8, 4) is 11.5 Å². The van der Waals surface area contributed by atoms with Crippen LogP contribution in [0.15, 0.2) is 18.2 Å². The standard InChI is InChI=1S/C14H23NO3/c1-4-7-15-11(2)12-5-6-13(18-9-8-16)14(10-12)17-3/h5-6,10-11,15-16H,4,7-9H2,1-3H3. The van der Waals surface area contributed by atoms with Crippen molar-refractivity contribution in [3.63, 3.8) is 0 Å². The van der Waals surface area contributed by atoms with Gasteiger partial charge in [-0.15, -0.1) is 0 Å². The first kappa shape index (κ1) is 14.8. The summed E-state index contributed by atoms with van der Waals surface area (Å²) in [5, 5.41) is 12.2. The zero-order valence-corrected chi connectivity index (χ0v) is 11.4. The summed E-state index contributed by atoms with van der Waals surface area (Å²) in [5.74, 6) is 1.36. The third-order valence-electron chi connectivity index (χ3n) is 2.74. The molecule has 1 atom stereocenters. The Balaban J connectivity index is 2.77. The second-order valence-corrected chi connectivity index (χ2v) is 4.16. The third-order valence-corrected chi connectivity index (χ3v) is 2.74. The van der Waals surface area contributed by atoms with E-state index in [4.69, 9.17) is 14.6 Å². The van der Waals surface area contributed by atoms with Gasteiger partial charge in [-0.25, -0.2) is 0 Å². The van der Waals surface area contributed by atoms with Crippen molar-refractivity contribution in [1.29, 1.82) is 0 Å². The summed E-state index contributed by atoms with van der Waals surface area (Å²) in [6, 6.07) is 6.15. The summed E-state index contributed by atoms with van der Waals surface area (Å²) in [6.07, 6.45) is 1.11. The minimum atomic E-state index is -0.000631. The predicted molar refractivity (Wildman–Crippen MR) is 72.3 cm³/mol. The van der Waals surface area contributed by atoms with Gasteiger partial charge in [-0.3, -0.25) is 0 Å². The average Bonchev–Trinajstić information content (AvgIpc) is 2.42. The van der Waals surface area contributed by atoms with E-state index in [-0.39, 0.29) is 19.3 Å². The van der Waals surface area contributed by atoms with E-state index in [2.05, 4.69) is 19.2 Å². The Hall–Kier alpha value is -1.26. The Bertz CT molecular complexity index is 355. The van der Waals surface area contributed by atoms with Gasteiger partial charge in [0, 0.05) is 6.04 Å². The molecule has 1 aromatic rings. The van der Waals surface area contributed by atoms with Gasteiger partial charge in [0.1, 0.15) is 6.61 Å². The molecule has 0 fully saturated rings. The maximum atomic E-state index is 8.76. The highest BCUT2D eigenvalue weighted by Gasteiger charge is 2.09. The fourth-order valence-electron chi connectivity index (χ4n) is 1.71. The smallest absolute Gasteiger partial charge is 0.161 e. The second-order valence-electron chi connectivity index (χ2n) is 4.16. The van der Waals surface area contributed by atoms with Crippen LogP contribution < -0.4 is 14.8 Å². The summed E-state index contributed by atoms with van der Waals surface area (Å²) in [4.78, 5) is 0. The first-order chi connectivity index (χ1) is 8.72. The molecule has 0 aliphatic carbocycles. The molecule has 2 N–H and O–H groups in total. The minimum absolute atomic E-state index is 0.000631. The molecule has 0 radical (unpaired) electrons. The van der Waals surface area contributed by atoms with Crippen LogP contribution in [0.2, 0.25) is 0 Å². The first-order valence-corrected chi connectivity index (χ1v) is 6.37. The van der Waals surface area contributed by atoms with Crippen molar-refractivity contribution in [2.75, 3.05) is 26.9 Å². The number of methoxy groups -OCH3 is 1. The SMILES string of the molecule is CCCNC(C)c1ccc(OCCO)c(OC)c1. The molecule has 0 aliphatic heterocycles. The fraction of sp³-hybridized carbons (Fsp3) is 0.571. The number of benzene rings is 1. The Labute approximate surface area is 109 Å². The van der Waals surface area contributed by atoms with Crippen LogP contribution >= 0.6 is 0 Å². The van der Waals surface area contributed by atoms with Crippen LogP contribution in [0, 0.1) is 0 Å². The quantitative estimate of drug-likeness (QED) is 0.745. The molecule has 18 heavy (non-hydrogen) atoms. The lowest BCUT2D eigenvalue weighted by atomic mass is 10.1. The van der Waals surface area contributed by atoms with Gasteiger partial charge in [0.15, 0.2) is 11.5 Å². The van der Waals surface area contributed by atoms with Gasteiger partial charge in [0.25, 0.3) is 0 Å². The van der Waals surface area contributed by atoms with E-state index in [0.717, 1.165) is 18.5 Å². The molecule has 1 unspecified atom stereocenters. The molecular formula is C14H23NO3. The summed E-state index contributed by atoms with van der Waals surface area (Å²) in [6.45, 7) is 5.54. The van der Waals surface area contributed by atoms with Crippen LogP contribution in [-0.2, 0) is 0 Å². The molecule has 4 nitrogen and oxygen atoms in total. The highest BCUT2D eigenvalue weighted by molar-refractivity contribution is 5.43. The van der Waals surface area contributed by atoms with E-state index in [1.165, 1.54) is 0 Å². The number of nitrogens with one attached hydrogen (secondary N) is 1. The van der Waals surface area contributed by atoms with E-state index < -0.39 is 0 Å². The highest BCUT2D eigenvalue weighted by atomic mass is 16.5. The monoisotopic (exact) mass is 253 g/mol. The Morgan fingerprint density at radius 3 is 2.72 bits per heavy atom. The van der Waals surface area contributed by atoms with E-state index in [9.17, 15) is 0 Å². The normalized spacial score (nSPS) is 12.2. The number of hydrogen-bond acceptors (Lipinski definition) is 4. The van der Waals surface area contributed by atoms with Crippen molar-refractivity contribution >= 4 is 0 Å². The van der Waals surface area contributed by atoms with Crippen molar-refractivity contribution in [3.05, 3.63) is 23.8 Å². The molecular weight excluding hydrogens is 230 g/mol. The van der Waals surface area contributed by atoms with Gasteiger partial charge in [-0.2, -0.15) is 0 Å². The van der Waals surface area contributed by atoms with Crippen LogP contribution in [0.5, 0.6) is 11.5 Å². The largest absolute Gasteiger partial charge is 0.493 e. The number of hydrogen-bond donors (Lipinski definition) is 2. The molecule has 0 aromatic heterocycles.